The lowest BCUT2D eigenvalue weighted by molar-refractivity contribution is -0.129. The fourth-order valence-electron chi connectivity index (χ4n) is 2.19. The number of hydrogen-bond acceptors (Lipinski definition) is 5. The summed E-state index contributed by atoms with van der Waals surface area (Å²) in [4.78, 5) is 29.0. The zero-order valence-electron chi connectivity index (χ0n) is 14.6. The monoisotopic (exact) mass is 392 g/mol. The van der Waals surface area contributed by atoms with Crippen LogP contribution in [-0.4, -0.2) is 53.9 Å². The minimum absolute atomic E-state index is 0.0173. The zero-order valence-corrected chi connectivity index (χ0v) is 15.4. The van der Waals surface area contributed by atoms with Crippen molar-refractivity contribution in [1.82, 2.24) is 10.2 Å². The molecular weight excluding hydrogens is 372 g/mol. The number of rotatable bonds is 9. The molecule has 9 heteroatoms. The van der Waals surface area contributed by atoms with Gasteiger partial charge in [0.2, 0.25) is 0 Å². The summed E-state index contributed by atoms with van der Waals surface area (Å²) in [6.45, 7) is 0.598. The number of aliphatic hydroxyl groups is 1. The van der Waals surface area contributed by atoms with Crippen LogP contribution < -0.4 is 15.8 Å². The van der Waals surface area contributed by atoms with Gasteiger partial charge >= 0.3 is 0 Å². The number of carbonyl (C=O) groups excluding carboxylic acids is 2. The van der Waals surface area contributed by atoms with Crippen LogP contribution in [0.4, 0.5) is 0 Å². The number of nitrogens with two attached hydrogens (primary N) is 1. The second-order valence-electron chi connectivity index (χ2n) is 5.63. The summed E-state index contributed by atoms with van der Waals surface area (Å²) in [6, 6.07) is 6.91. The molecule has 0 radical (unpaired) electrons. The molecule has 4 N–H and O–H groups in total. The molecule has 1 aliphatic rings. The Labute approximate surface area is 162 Å². The average Bonchev–Trinajstić information content (AvgIpc) is 2.95. The van der Waals surface area contributed by atoms with E-state index in [0.717, 1.165) is 0 Å². The van der Waals surface area contributed by atoms with E-state index < -0.39 is 5.91 Å². The van der Waals surface area contributed by atoms with E-state index in [9.17, 15) is 9.59 Å². The second kappa shape index (κ2) is 10.3. The summed E-state index contributed by atoms with van der Waals surface area (Å²) in [5.74, 6) is -0.0457. The molecule has 0 aliphatic carbocycles. The summed E-state index contributed by atoms with van der Waals surface area (Å²) < 4.78 is 5.61. The lowest BCUT2D eigenvalue weighted by atomic mass is 10.3. The van der Waals surface area contributed by atoms with Gasteiger partial charge in [0.15, 0.2) is 0 Å². The smallest absolute Gasteiger partial charge is 0.267 e. The number of hydrogen-bond donors (Lipinski definition) is 3. The van der Waals surface area contributed by atoms with E-state index in [-0.39, 0.29) is 31.4 Å². The van der Waals surface area contributed by atoms with Crippen LogP contribution >= 0.6 is 11.6 Å². The van der Waals surface area contributed by atoms with Crippen LogP contribution in [0.25, 0.3) is 0 Å². The van der Waals surface area contributed by atoms with Crippen molar-refractivity contribution in [3.05, 3.63) is 53.4 Å². The first kappa shape index (κ1) is 20.5. The Balaban J connectivity index is 1.84. The van der Waals surface area contributed by atoms with Gasteiger partial charge in [-0.1, -0.05) is 23.7 Å². The maximum Gasteiger partial charge on any atom is 0.267 e. The standard InChI is InChI=1S/C18H21ClN4O4/c19-14-4-1-2-5-15(14)27-13-10-18(26)23(11-13)12-17(25)22-16(20)6-8-21-7-3-9-24/h1-2,4-6,8,10,21,24H,3,7,9,11-12H2,(H2,20,22,25)/b8-6-. The highest BCUT2D eigenvalue weighted by atomic mass is 35.5. The normalized spacial score (nSPS) is 14.6. The topological polar surface area (TPSA) is 117 Å². The quantitative estimate of drug-likeness (QED) is 0.325. The Morgan fingerprint density at radius 3 is 2.96 bits per heavy atom. The van der Waals surface area contributed by atoms with Crippen LogP contribution in [0.15, 0.2) is 53.4 Å². The Morgan fingerprint density at radius 2 is 2.22 bits per heavy atom. The third kappa shape index (κ3) is 6.76. The molecule has 0 aromatic heterocycles. The van der Waals surface area contributed by atoms with Crippen molar-refractivity contribution in [2.45, 2.75) is 6.42 Å². The van der Waals surface area contributed by atoms with E-state index >= 15 is 0 Å². The lowest BCUT2D eigenvalue weighted by Crippen LogP contribution is -2.32. The van der Waals surface area contributed by atoms with Crippen molar-refractivity contribution in [1.29, 1.82) is 0 Å². The van der Waals surface area contributed by atoms with Crippen molar-refractivity contribution < 1.29 is 19.4 Å². The van der Waals surface area contributed by atoms with Crippen molar-refractivity contribution in [3.63, 3.8) is 0 Å². The fourth-order valence-corrected chi connectivity index (χ4v) is 2.37. The summed E-state index contributed by atoms with van der Waals surface area (Å²) >= 11 is 6.03. The van der Waals surface area contributed by atoms with Gasteiger partial charge in [0.05, 0.1) is 11.6 Å². The van der Waals surface area contributed by atoms with E-state index in [1.165, 1.54) is 17.1 Å². The number of amides is 2. The maximum atomic E-state index is 12.0. The van der Waals surface area contributed by atoms with Gasteiger partial charge in [0.25, 0.3) is 11.8 Å². The molecule has 0 bridgehead atoms. The van der Waals surface area contributed by atoms with Crippen LogP contribution in [-0.2, 0) is 9.59 Å². The Hall–Kier alpha value is -2.84. The van der Waals surface area contributed by atoms with Crippen LogP contribution in [0, 0.1) is 0 Å². The molecule has 0 saturated heterocycles. The Kier molecular flexibility index (Phi) is 7.84. The fraction of sp³-hybridized carbons (Fsp3) is 0.278. The molecule has 0 fully saturated rings. The summed E-state index contributed by atoms with van der Waals surface area (Å²) in [5.41, 5.74) is 5.64. The molecule has 0 atom stereocenters. The predicted octanol–water partition coefficient (Wildman–Crippen LogP) is 0.814. The van der Waals surface area contributed by atoms with E-state index in [1.807, 2.05) is 0 Å². The second-order valence-corrected chi connectivity index (χ2v) is 6.04. The molecule has 8 nitrogen and oxygen atoms in total. The SMILES string of the molecule is NC(/C=C\NCCCO)=NC(=O)CN1CC(Oc2ccccc2Cl)=CC1=O. The number of nitrogens with one attached hydrogen (secondary N) is 1. The minimum atomic E-state index is -0.548. The van der Waals surface area contributed by atoms with Gasteiger partial charge in [0, 0.05) is 25.4 Å². The van der Waals surface area contributed by atoms with Crippen molar-refractivity contribution in [3.8, 4) is 5.75 Å². The first-order valence-corrected chi connectivity index (χ1v) is 8.67. The first-order valence-electron chi connectivity index (χ1n) is 8.29. The molecule has 1 aromatic carbocycles. The average molecular weight is 393 g/mol. The van der Waals surface area contributed by atoms with Crippen LogP contribution in [0.1, 0.15) is 6.42 Å². The maximum absolute atomic E-state index is 12.0. The third-order valence-corrected chi connectivity index (χ3v) is 3.76. The number of ether oxygens (including phenoxy) is 1. The molecular formula is C18H21ClN4O4. The van der Waals surface area contributed by atoms with Crippen molar-refractivity contribution in [2.75, 3.05) is 26.2 Å². The van der Waals surface area contributed by atoms with Gasteiger partial charge in [0.1, 0.15) is 23.9 Å². The van der Waals surface area contributed by atoms with Crippen LogP contribution in [0.2, 0.25) is 5.02 Å². The molecule has 144 valence electrons. The van der Waals surface area contributed by atoms with Gasteiger partial charge in [-0.05, 0) is 24.6 Å². The highest BCUT2D eigenvalue weighted by molar-refractivity contribution is 6.32. The van der Waals surface area contributed by atoms with Crippen molar-refractivity contribution >= 4 is 29.3 Å². The van der Waals surface area contributed by atoms with Gasteiger partial charge in [-0.15, -0.1) is 0 Å². The van der Waals surface area contributed by atoms with Crippen molar-refractivity contribution in [2.24, 2.45) is 10.7 Å². The largest absolute Gasteiger partial charge is 0.458 e. The molecule has 0 spiro atoms. The lowest BCUT2D eigenvalue weighted by Gasteiger charge is -2.14. The molecule has 27 heavy (non-hydrogen) atoms. The third-order valence-electron chi connectivity index (χ3n) is 3.45. The van der Waals surface area contributed by atoms with E-state index in [2.05, 4.69) is 10.3 Å². The molecule has 1 heterocycles. The van der Waals surface area contributed by atoms with E-state index in [4.69, 9.17) is 27.2 Å². The number of aliphatic hydroxyl groups excluding tert-OH is 1. The highest BCUT2D eigenvalue weighted by Gasteiger charge is 2.25. The Bertz CT molecular complexity index is 776. The number of halogens is 1. The first-order chi connectivity index (χ1) is 13.0. The highest BCUT2D eigenvalue weighted by Crippen LogP contribution is 2.26. The van der Waals surface area contributed by atoms with Gasteiger partial charge in [-0.25, -0.2) is 0 Å². The summed E-state index contributed by atoms with van der Waals surface area (Å²) in [6.07, 6.45) is 4.89. The number of benzene rings is 1. The summed E-state index contributed by atoms with van der Waals surface area (Å²) in [7, 11) is 0. The van der Waals surface area contributed by atoms with Crippen LogP contribution in [0.5, 0.6) is 5.75 Å². The zero-order chi connectivity index (χ0) is 19.6. The summed E-state index contributed by atoms with van der Waals surface area (Å²) in [5, 5.41) is 12.0. The van der Waals surface area contributed by atoms with E-state index in [0.29, 0.717) is 29.5 Å². The number of amidine groups is 1. The molecule has 1 aromatic rings. The predicted molar refractivity (Wildman–Crippen MR) is 102 cm³/mol. The Morgan fingerprint density at radius 1 is 1.44 bits per heavy atom. The number of nitrogens with zero attached hydrogens (tertiary/aromatic N) is 2. The molecule has 2 amide bonds. The molecule has 0 unspecified atom stereocenters. The number of aliphatic imine (C=N–C) groups is 1. The van der Waals surface area contributed by atoms with Gasteiger partial charge in [-0.2, -0.15) is 4.99 Å². The number of carbonyl (C=O) groups is 2. The molecule has 2 rings (SSSR count). The number of para-hydroxylation sites is 1. The van der Waals surface area contributed by atoms with E-state index in [1.54, 1.807) is 30.5 Å². The molecule has 1 aliphatic heterocycles. The van der Waals surface area contributed by atoms with Crippen LogP contribution in [0.3, 0.4) is 0 Å². The minimum Gasteiger partial charge on any atom is -0.458 e. The van der Waals surface area contributed by atoms with Gasteiger partial charge in [-0.3, -0.25) is 9.59 Å². The van der Waals surface area contributed by atoms with Gasteiger partial charge < -0.3 is 25.8 Å². The molecule has 0 saturated carbocycles.